The molecule has 1 atom stereocenters. The van der Waals surface area contributed by atoms with Crippen LogP contribution in [-0.4, -0.2) is 15.9 Å². The van der Waals surface area contributed by atoms with Crippen molar-refractivity contribution in [1.82, 2.24) is 4.98 Å². The summed E-state index contributed by atoms with van der Waals surface area (Å²) in [7, 11) is 0. The fraction of sp³-hybridized carbons (Fsp3) is 0.385. The maximum absolute atomic E-state index is 11.6. The van der Waals surface area contributed by atoms with E-state index in [2.05, 4.69) is 4.98 Å². The normalized spacial score (nSPS) is 17.1. The van der Waals surface area contributed by atoms with Gasteiger partial charge in [0.05, 0.1) is 0 Å². The highest BCUT2D eigenvalue weighted by Gasteiger charge is 2.25. The van der Waals surface area contributed by atoms with E-state index in [0.29, 0.717) is 24.0 Å². The molecule has 0 spiro atoms. The second kappa shape index (κ2) is 4.98. The molecular formula is C13H14ClNO2. The van der Waals surface area contributed by atoms with Gasteiger partial charge in [-0.25, -0.2) is 4.98 Å². The molecule has 4 heteroatoms. The highest BCUT2D eigenvalue weighted by atomic mass is 35.5. The minimum Gasteiger partial charge on any atom is -0.383 e. The Morgan fingerprint density at radius 1 is 1.59 bits per heavy atom. The lowest BCUT2D eigenvalue weighted by molar-refractivity contribution is -0.115. The molecule has 1 N–H and O–H groups in total. The Morgan fingerprint density at radius 2 is 2.35 bits per heavy atom. The van der Waals surface area contributed by atoms with Crippen LogP contribution in [0.25, 0.3) is 0 Å². The van der Waals surface area contributed by atoms with Gasteiger partial charge in [0.25, 0.3) is 0 Å². The number of aromatic nitrogens is 1. The molecule has 0 amide bonds. The molecule has 1 unspecified atom stereocenters. The van der Waals surface area contributed by atoms with Crippen LogP contribution in [0, 0.1) is 0 Å². The minimum absolute atomic E-state index is 0.00420. The number of nitrogens with zero attached hydrogens (tertiary/aromatic N) is 1. The first-order chi connectivity index (χ1) is 8.13. The van der Waals surface area contributed by atoms with E-state index in [1.807, 2.05) is 13.0 Å². The van der Waals surface area contributed by atoms with E-state index >= 15 is 0 Å². The summed E-state index contributed by atoms with van der Waals surface area (Å²) >= 11 is 5.96. The van der Waals surface area contributed by atoms with Crippen LogP contribution >= 0.6 is 11.6 Å². The van der Waals surface area contributed by atoms with Gasteiger partial charge >= 0.3 is 0 Å². The Balaban J connectivity index is 2.36. The summed E-state index contributed by atoms with van der Waals surface area (Å²) in [5, 5.41) is 10.4. The van der Waals surface area contributed by atoms with E-state index in [-0.39, 0.29) is 10.9 Å². The predicted octanol–water partition coefficient (Wildman–Crippen LogP) is 2.62. The van der Waals surface area contributed by atoms with Gasteiger partial charge in [-0.05, 0) is 24.5 Å². The molecule has 0 aromatic carbocycles. The minimum atomic E-state index is -0.948. The van der Waals surface area contributed by atoms with Crippen LogP contribution < -0.4 is 0 Å². The molecule has 0 saturated carbocycles. The topological polar surface area (TPSA) is 50.2 Å². The summed E-state index contributed by atoms with van der Waals surface area (Å²) in [5.74, 6) is -0.00420. The Labute approximate surface area is 105 Å². The number of ketones is 1. The first-order valence-corrected chi connectivity index (χ1v) is 6.07. The lowest BCUT2D eigenvalue weighted by Gasteiger charge is -2.13. The third-order valence-corrected chi connectivity index (χ3v) is 3.29. The van der Waals surface area contributed by atoms with E-state index in [4.69, 9.17) is 11.6 Å². The lowest BCUT2D eigenvalue weighted by atomic mass is 10.0. The number of hydrogen-bond donors (Lipinski definition) is 1. The molecule has 0 saturated heterocycles. The van der Waals surface area contributed by atoms with Crippen molar-refractivity contribution in [2.45, 2.75) is 32.3 Å². The largest absolute Gasteiger partial charge is 0.383 e. The van der Waals surface area contributed by atoms with Crippen molar-refractivity contribution >= 4 is 17.4 Å². The van der Waals surface area contributed by atoms with Crippen LogP contribution in [0.2, 0.25) is 5.15 Å². The van der Waals surface area contributed by atoms with Gasteiger partial charge in [0.15, 0.2) is 5.78 Å². The molecule has 17 heavy (non-hydrogen) atoms. The number of rotatable bonds is 3. The van der Waals surface area contributed by atoms with Gasteiger partial charge in [0.2, 0.25) is 0 Å². The van der Waals surface area contributed by atoms with Gasteiger partial charge in [-0.15, -0.1) is 0 Å². The van der Waals surface area contributed by atoms with Crippen LogP contribution in [0.1, 0.15) is 37.0 Å². The fourth-order valence-electron chi connectivity index (χ4n) is 1.94. The van der Waals surface area contributed by atoms with E-state index < -0.39 is 6.10 Å². The van der Waals surface area contributed by atoms with Crippen molar-refractivity contribution in [3.05, 3.63) is 40.2 Å². The zero-order valence-corrected chi connectivity index (χ0v) is 10.4. The maximum atomic E-state index is 11.6. The van der Waals surface area contributed by atoms with Gasteiger partial charge in [-0.1, -0.05) is 24.6 Å². The zero-order chi connectivity index (χ0) is 12.4. The molecule has 90 valence electrons. The number of hydrogen-bond acceptors (Lipinski definition) is 3. The molecular weight excluding hydrogens is 238 g/mol. The average Bonchev–Trinajstić information content (AvgIpc) is 2.75. The number of Topliss-reactive ketones (excluding diaryl/α,β-unsaturated/α-hetero) is 1. The van der Waals surface area contributed by atoms with Crippen LogP contribution in [-0.2, 0) is 11.2 Å². The van der Waals surface area contributed by atoms with E-state index in [9.17, 15) is 9.90 Å². The number of aryl methyl sites for hydroxylation is 1. The third-order valence-electron chi connectivity index (χ3n) is 2.98. The highest BCUT2D eigenvalue weighted by Crippen LogP contribution is 2.31. The summed E-state index contributed by atoms with van der Waals surface area (Å²) in [4.78, 5) is 15.6. The summed E-state index contributed by atoms with van der Waals surface area (Å²) < 4.78 is 0. The Kier molecular flexibility index (Phi) is 3.60. The van der Waals surface area contributed by atoms with Gasteiger partial charge in [0, 0.05) is 23.8 Å². The van der Waals surface area contributed by atoms with Crippen molar-refractivity contribution in [3.63, 3.8) is 0 Å². The molecule has 0 bridgehead atoms. The predicted molar refractivity (Wildman–Crippen MR) is 65.9 cm³/mol. The zero-order valence-electron chi connectivity index (χ0n) is 9.61. The number of aliphatic hydroxyl groups excluding tert-OH is 1. The number of halogens is 1. The van der Waals surface area contributed by atoms with Crippen molar-refractivity contribution in [2.75, 3.05) is 0 Å². The van der Waals surface area contributed by atoms with Crippen molar-refractivity contribution < 1.29 is 9.90 Å². The van der Waals surface area contributed by atoms with Gasteiger partial charge in [-0.3, -0.25) is 4.79 Å². The van der Waals surface area contributed by atoms with Crippen LogP contribution in [0.15, 0.2) is 23.9 Å². The SMILES string of the molecule is CCc1cnc(Cl)c(C(O)C2=CCCC2=O)c1. The van der Waals surface area contributed by atoms with Crippen molar-refractivity contribution in [1.29, 1.82) is 0 Å². The van der Waals surface area contributed by atoms with E-state index in [1.165, 1.54) is 0 Å². The summed E-state index contributed by atoms with van der Waals surface area (Å²) in [6.45, 7) is 2.00. The molecule has 1 aromatic heterocycles. The molecule has 0 radical (unpaired) electrons. The van der Waals surface area contributed by atoms with Crippen molar-refractivity contribution in [2.24, 2.45) is 0 Å². The lowest BCUT2D eigenvalue weighted by Crippen LogP contribution is -2.09. The summed E-state index contributed by atoms with van der Waals surface area (Å²) in [6.07, 6.45) is 4.51. The standard InChI is InChI=1S/C13H14ClNO2/c1-2-8-6-10(13(14)15-7-8)12(17)9-4-3-5-11(9)16/h4,6-7,12,17H,2-3,5H2,1H3. The van der Waals surface area contributed by atoms with Crippen LogP contribution in [0.3, 0.4) is 0 Å². The van der Waals surface area contributed by atoms with Crippen molar-refractivity contribution in [3.8, 4) is 0 Å². The average molecular weight is 252 g/mol. The van der Waals surface area contributed by atoms with E-state index in [1.54, 1.807) is 12.3 Å². The van der Waals surface area contributed by atoms with Gasteiger partial charge in [-0.2, -0.15) is 0 Å². The maximum Gasteiger partial charge on any atom is 0.161 e. The fourth-order valence-corrected chi connectivity index (χ4v) is 2.15. The number of carbonyl (C=O) groups is 1. The van der Waals surface area contributed by atoms with Crippen LogP contribution in [0.4, 0.5) is 0 Å². The summed E-state index contributed by atoms with van der Waals surface area (Å²) in [6, 6.07) is 1.81. The number of allylic oxidation sites excluding steroid dienone is 1. The molecule has 1 aliphatic rings. The molecule has 1 heterocycles. The van der Waals surface area contributed by atoms with Gasteiger partial charge < -0.3 is 5.11 Å². The number of aliphatic hydroxyl groups is 1. The third kappa shape index (κ3) is 2.40. The molecule has 1 aromatic rings. The molecule has 2 rings (SSSR count). The number of pyridine rings is 1. The Hall–Kier alpha value is -1.19. The smallest absolute Gasteiger partial charge is 0.161 e. The van der Waals surface area contributed by atoms with E-state index in [0.717, 1.165) is 12.0 Å². The Bertz CT molecular complexity index is 482. The second-order valence-corrected chi connectivity index (χ2v) is 4.46. The highest BCUT2D eigenvalue weighted by molar-refractivity contribution is 6.30. The van der Waals surface area contributed by atoms with Gasteiger partial charge in [0.1, 0.15) is 11.3 Å². The number of carbonyl (C=O) groups excluding carboxylic acids is 1. The van der Waals surface area contributed by atoms with Crippen LogP contribution in [0.5, 0.6) is 0 Å². The molecule has 0 aliphatic heterocycles. The molecule has 3 nitrogen and oxygen atoms in total. The Morgan fingerprint density at radius 3 is 2.94 bits per heavy atom. The summed E-state index contributed by atoms with van der Waals surface area (Å²) in [5.41, 5.74) is 1.96. The monoisotopic (exact) mass is 251 g/mol. The first-order valence-electron chi connectivity index (χ1n) is 5.69. The quantitative estimate of drug-likeness (QED) is 0.841. The molecule has 0 fully saturated rings. The first kappa shape index (κ1) is 12.3. The molecule has 1 aliphatic carbocycles. The second-order valence-electron chi connectivity index (χ2n) is 4.10.